The summed E-state index contributed by atoms with van der Waals surface area (Å²) in [6, 6.07) is 11.0. The predicted octanol–water partition coefficient (Wildman–Crippen LogP) is 5.21. The molecule has 0 aromatic heterocycles. The molecule has 1 heteroatoms. The molecule has 21 heavy (non-hydrogen) atoms. The lowest BCUT2D eigenvalue weighted by atomic mass is 9.67. The molecule has 0 radical (unpaired) electrons. The van der Waals surface area contributed by atoms with Gasteiger partial charge in [0.25, 0.3) is 0 Å². The molecule has 1 heterocycles. The van der Waals surface area contributed by atoms with Gasteiger partial charge in [-0.15, -0.1) is 0 Å². The van der Waals surface area contributed by atoms with Crippen LogP contribution in [-0.4, -0.2) is 13.1 Å². The summed E-state index contributed by atoms with van der Waals surface area (Å²) >= 11 is 0. The third kappa shape index (κ3) is 5.14. The third-order valence-corrected chi connectivity index (χ3v) is 5.43. The summed E-state index contributed by atoms with van der Waals surface area (Å²) in [6.07, 6.45) is 11.0. The van der Waals surface area contributed by atoms with Crippen molar-refractivity contribution < 1.29 is 0 Å². The summed E-state index contributed by atoms with van der Waals surface area (Å²) in [5, 5.41) is 3.62. The van der Waals surface area contributed by atoms with E-state index in [1.165, 1.54) is 70.0 Å². The zero-order valence-electron chi connectivity index (χ0n) is 14.0. The van der Waals surface area contributed by atoms with Crippen molar-refractivity contribution in [2.24, 2.45) is 11.3 Å². The molecule has 1 fully saturated rings. The minimum atomic E-state index is 0.535. The zero-order chi connectivity index (χ0) is 15.0. The Hall–Kier alpha value is -0.820. The SMILES string of the molecule is CCCCCCCC1(C)CCNCC1Cc1ccccc1. The topological polar surface area (TPSA) is 12.0 Å². The molecule has 1 aromatic carbocycles. The highest BCUT2D eigenvalue weighted by molar-refractivity contribution is 5.16. The first-order chi connectivity index (χ1) is 10.2. The summed E-state index contributed by atoms with van der Waals surface area (Å²) in [5.41, 5.74) is 2.04. The Morgan fingerprint density at radius 1 is 1.10 bits per heavy atom. The van der Waals surface area contributed by atoms with Crippen LogP contribution >= 0.6 is 0 Å². The summed E-state index contributed by atoms with van der Waals surface area (Å²) < 4.78 is 0. The van der Waals surface area contributed by atoms with Crippen molar-refractivity contribution in [2.75, 3.05) is 13.1 Å². The Labute approximate surface area is 131 Å². The van der Waals surface area contributed by atoms with Gasteiger partial charge in [-0.2, -0.15) is 0 Å². The van der Waals surface area contributed by atoms with Crippen molar-refractivity contribution in [1.82, 2.24) is 5.32 Å². The Bertz CT molecular complexity index is 386. The van der Waals surface area contributed by atoms with Crippen LogP contribution in [0, 0.1) is 11.3 Å². The first kappa shape index (κ1) is 16.5. The van der Waals surface area contributed by atoms with Crippen LogP contribution in [0.3, 0.4) is 0 Å². The molecule has 2 unspecified atom stereocenters. The molecule has 1 nitrogen and oxygen atoms in total. The van der Waals surface area contributed by atoms with Crippen molar-refractivity contribution in [2.45, 2.75) is 65.2 Å². The highest BCUT2D eigenvalue weighted by Crippen LogP contribution is 2.40. The molecule has 0 aliphatic carbocycles. The lowest BCUT2D eigenvalue weighted by Crippen LogP contribution is -2.44. The monoisotopic (exact) mass is 287 g/mol. The third-order valence-electron chi connectivity index (χ3n) is 5.43. The van der Waals surface area contributed by atoms with Crippen LogP contribution in [0.5, 0.6) is 0 Å². The average Bonchev–Trinajstić information content (AvgIpc) is 2.51. The standard InChI is InChI=1S/C20H33N/c1-3-4-5-6-10-13-20(2)14-15-21-17-19(20)16-18-11-8-7-9-12-18/h7-9,11-12,19,21H,3-6,10,13-17H2,1-2H3. The molecule has 2 atom stereocenters. The second-order valence-electron chi connectivity index (χ2n) is 7.16. The quantitative estimate of drug-likeness (QED) is 0.648. The van der Waals surface area contributed by atoms with E-state index in [0.717, 1.165) is 5.92 Å². The zero-order valence-corrected chi connectivity index (χ0v) is 14.0. The highest BCUT2D eigenvalue weighted by Gasteiger charge is 2.35. The van der Waals surface area contributed by atoms with Crippen LogP contribution in [0.15, 0.2) is 30.3 Å². The van der Waals surface area contributed by atoms with E-state index in [0.29, 0.717) is 5.41 Å². The number of benzene rings is 1. The Morgan fingerprint density at radius 3 is 2.62 bits per heavy atom. The molecular formula is C20H33N. The molecule has 0 saturated carbocycles. The van der Waals surface area contributed by atoms with Gasteiger partial charge in [0.05, 0.1) is 0 Å². The Kier molecular flexibility index (Phi) is 6.76. The van der Waals surface area contributed by atoms with Crippen LogP contribution < -0.4 is 5.32 Å². The van der Waals surface area contributed by atoms with E-state index >= 15 is 0 Å². The Balaban J connectivity index is 1.87. The molecule has 1 aliphatic heterocycles. The average molecular weight is 287 g/mol. The fraction of sp³-hybridized carbons (Fsp3) is 0.700. The smallest absolute Gasteiger partial charge is 0.00121 e. The van der Waals surface area contributed by atoms with E-state index in [1.54, 1.807) is 0 Å². The Morgan fingerprint density at radius 2 is 1.86 bits per heavy atom. The first-order valence-electron chi connectivity index (χ1n) is 8.99. The molecule has 1 aliphatic rings. The number of nitrogens with one attached hydrogen (secondary N) is 1. The van der Waals surface area contributed by atoms with Crippen LogP contribution in [0.2, 0.25) is 0 Å². The van der Waals surface area contributed by atoms with Gasteiger partial charge in [0, 0.05) is 0 Å². The minimum Gasteiger partial charge on any atom is -0.316 e. The summed E-state index contributed by atoms with van der Waals surface area (Å²) in [4.78, 5) is 0. The maximum Gasteiger partial charge on any atom is -0.00121 e. The lowest BCUT2D eigenvalue weighted by molar-refractivity contribution is 0.113. The van der Waals surface area contributed by atoms with E-state index in [2.05, 4.69) is 49.5 Å². The van der Waals surface area contributed by atoms with Gasteiger partial charge in [0.1, 0.15) is 0 Å². The van der Waals surface area contributed by atoms with Crippen LogP contribution in [0.4, 0.5) is 0 Å². The van der Waals surface area contributed by atoms with Crippen molar-refractivity contribution in [3.05, 3.63) is 35.9 Å². The van der Waals surface area contributed by atoms with E-state index in [-0.39, 0.29) is 0 Å². The molecule has 2 rings (SSSR count). The van der Waals surface area contributed by atoms with Crippen molar-refractivity contribution >= 4 is 0 Å². The fourth-order valence-corrected chi connectivity index (χ4v) is 3.78. The lowest BCUT2D eigenvalue weighted by Gasteiger charge is -2.42. The van der Waals surface area contributed by atoms with Gasteiger partial charge in [-0.05, 0) is 49.2 Å². The number of piperidine rings is 1. The largest absolute Gasteiger partial charge is 0.316 e. The molecular weight excluding hydrogens is 254 g/mol. The number of unbranched alkanes of at least 4 members (excludes halogenated alkanes) is 4. The number of hydrogen-bond donors (Lipinski definition) is 1. The van der Waals surface area contributed by atoms with Gasteiger partial charge in [-0.1, -0.05) is 76.3 Å². The fourth-order valence-electron chi connectivity index (χ4n) is 3.78. The summed E-state index contributed by atoms with van der Waals surface area (Å²) in [5.74, 6) is 0.792. The van der Waals surface area contributed by atoms with E-state index < -0.39 is 0 Å². The van der Waals surface area contributed by atoms with Gasteiger partial charge in [-0.3, -0.25) is 0 Å². The molecule has 0 spiro atoms. The molecule has 118 valence electrons. The molecule has 0 bridgehead atoms. The molecule has 1 aromatic rings. The van der Waals surface area contributed by atoms with Crippen molar-refractivity contribution in [3.8, 4) is 0 Å². The van der Waals surface area contributed by atoms with Crippen LogP contribution in [0.25, 0.3) is 0 Å². The second kappa shape index (κ2) is 8.58. The summed E-state index contributed by atoms with van der Waals surface area (Å²) in [7, 11) is 0. The van der Waals surface area contributed by atoms with Crippen LogP contribution in [-0.2, 0) is 6.42 Å². The van der Waals surface area contributed by atoms with E-state index in [1.807, 2.05) is 0 Å². The predicted molar refractivity (Wildman–Crippen MR) is 92.6 cm³/mol. The van der Waals surface area contributed by atoms with E-state index in [4.69, 9.17) is 0 Å². The van der Waals surface area contributed by atoms with E-state index in [9.17, 15) is 0 Å². The van der Waals surface area contributed by atoms with Gasteiger partial charge >= 0.3 is 0 Å². The normalized spacial score (nSPS) is 25.9. The van der Waals surface area contributed by atoms with Gasteiger partial charge in [0.15, 0.2) is 0 Å². The van der Waals surface area contributed by atoms with Gasteiger partial charge in [0.2, 0.25) is 0 Å². The maximum atomic E-state index is 3.62. The number of hydrogen-bond acceptors (Lipinski definition) is 1. The molecule has 1 N–H and O–H groups in total. The van der Waals surface area contributed by atoms with Crippen molar-refractivity contribution in [1.29, 1.82) is 0 Å². The van der Waals surface area contributed by atoms with Gasteiger partial charge in [-0.25, -0.2) is 0 Å². The minimum absolute atomic E-state index is 0.535. The van der Waals surface area contributed by atoms with Crippen LogP contribution in [0.1, 0.15) is 64.4 Å². The van der Waals surface area contributed by atoms with Crippen molar-refractivity contribution in [3.63, 3.8) is 0 Å². The first-order valence-corrected chi connectivity index (χ1v) is 8.99. The van der Waals surface area contributed by atoms with Gasteiger partial charge < -0.3 is 5.32 Å². The molecule has 0 amide bonds. The summed E-state index contributed by atoms with van der Waals surface area (Å²) in [6.45, 7) is 7.24. The maximum absolute atomic E-state index is 3.62. The highest BCUT2D eigenvalue weighted by atomic mass is 14.9. The number of rotatable bonds is 8. The second-order valence-corrected chi connectivity index (χ2v) is 7.16. The molecule has 1 saturated heterocycles.